The maximum atomic E-state index is 9.42. The zero-order valence-electron chi connectivity index (χ0n) is 11.8. The molecular formula is C16H22N2O. The molecule has 1 aliphatic carbocycles. The van der Waals surface area contributed by atoms with Crippen molar-refractivity contribution >= 4 is 11.0 Å². The third-order valence-corrected chi connectivity index (χ3v) is 4.59. The van der Waals surface area contributed by atoms with E-state index in [0.717, 1.165) is 11.9 Å². The van der Waals surface area contributed by atoms with E-state index in [0.29, 0.717) is 5.92 Å². The molecule has 3 rings (SSSR count). The molecule has 19 heavy (non-hydrogen) atoms. The lowest BCUT2D eigenvalue weighted by Gasteiger charge is -2.24. The number of aryl methyl sites for hydroxylation is 1. The van der Waals surface area contributed by atoms with E-state index < -0.39 is 0 Å². The van der Waals surface area contributed by atoms with E-state index in [4.69, 9.17) is 4.98 Å². The Morgan fingerprint density at radius 3 is 2.79 bits per heavy atom. The summed E-state index contributed by atoms with van der Waals surface area (Å²) < 4.78 is 2.24. The van der Waals surface area contributed by atoms with Crippen LogP contribution in [0.15, 0.2) is 18.2 Å². The number of benzene rings is 1. The first-order valence-electron chi connectivity index (χ1n) is 7.31. The molecule has 0 bridgehead atoms. The van der Waals surface area contributed by atoms with E-state index in [1.807, 2.05) is 0 Å². The van der Waals surface area contributed by atoms with Crippen LogP contribution in [0.25, 0.3) is 11.0 Å². The molecule has 3 heteroatoms. The summed E-state index contributed by atoms with van der Waals surface area (Å²) in [6, 6.07) is 6.44. The lowest BCUT2D eigenvalue weighted by molar-refractivity contribution is 0.262. The molecule has 1 unspecified atom stereocenters. The van der Waals surface area contributed by atoms with Crippen LogP contribution in [-0.4, -0.2) is 21.3 Å². The van der Waals surface area contributed by atoms with Gasteiger partial charge in [-0.05, 0) is 37.0 Å². The van der Waals surface area contributed by atoms with Gasteiger partial charge in [-0.2, -0.15) is 0 Å². The number of rotatable bonds is 4. The molecule has 0 spiro atoms. The standard InChI is InChI=1S/C16H22N2O/c1-3-11(10-19)13-7-8-15-14(9-13)17-16(18(15)2)12-5-4-6-12/h7-9,11-12,19H,3-6,10H2,1-2H3. The fourth-order valence-electron chi connectivity index (χ4n) is 2.99. The first kappa shape index (κ1) is 12.7. The molecule has 0 saturated heterocycles. The Bertz CT molecular complexity index is 580. The SMILES string of the molecule is CCC(CO)c1ccc2c(c1)nc(C1CCC1)n2C. The first-order valence-corrected chi connectivity index (χ1v) is 7.31. The molecule has 1 N–H and O–H groups in total. The van der Waals surface area contributed by atoms with Crippen LogP contribution in [-0.2, 0) is 7.05 Å². The lowest BCUT2D eigenvalue weighted by Crippen LogP contribution is -2.13. The van der Waals surface area contributed by atoms with Crippen molar-refractivity contribution in [3.63, 3.8) is 0 Å². The number of fused-ring (bicyclic) bond motifs is 1. The maximum absolute atomic E-state index is 9.42. The Hall–Kier alpha value is -1.35. The van der Waals surface area contributed by atoms with Crippen molar-refractivity contribution in [2.45, 2.75) is 44.4 Å². The van der Waals surface area contributed by atoms with Crippen LogP contribution in [0.4, 0.5) is 0 Å². The molecule has 1 saturated carbocycles. The zero-order chi connectivity index (χ0) is 13.4. The van der Waals surface area contributed by atoms with Crippen molar-refractivity contribution in [2.24, 2.45) is 7.05 Å². The van der Waals surface area contributed by atoms with Crippen LogP contribution >= 0.6 is 0 Å². The van der Waals surface area contributed by atoms with E-state index in [9.17, 15) is 5.11 Å². The van der Waals surface area contributed by atoms with Crippen molar-refractivity contribution in [1.82, 2.24) is 9.55 Å². The third kappa shape index (κ3) is 2.06. The van der Waals surface area contributed by atoms with Gasteiger partial charge in [0.25, 0.3) is 0 Å². The minimum atomic E-state index is 0.213. The number of hydrogen-bond acceptors (Lipinski definition) is 2. The molecule has 102 valence electrons. The molecule has 1 aromatic carbocycles. The fraction of sp³-hybridized carbons (Fsp3) is 0.562. The van der Waals surface area contributed by atoms with E-state index in [2.05, 4.69) is 36.7 Å². The summed E-state index contributed by atoms with van der Waals surface area (Å²) in [7, 11) is 2.12. The highest BCUT2D eigenvalue weighted by Crippen LogP contribution is 2.37. The van der Waals surface area contributed by atoms with Crippen LogP contribution < -0.4 is 0 Å². The lowest BCUT2D eigenvalue weighted by atomic mass is 9.85. The van der Waals surface area contributed by atoms with Gasteiger partial charge in [0.15, 0.2) is 0 Å². The molecule has 1 atom stereocenters. The minimum absolute atomic E-state index is 0.213. The second kappa shape index (κ2) is 4.97. The number of aromatic nitrogens is 2. The predicted octanol–water partition coefficient (Wildman–Crippen LogP) is 3.33. The van der Waals surface area contributed by atoms with Gasteiger partial charge in [-0.25, -0.2) is 4.98 Å². The number of nitrogens with zero attached hydrogens (tertiary/aromatic N) is 2. The van der Waals surface area contributed by atoms with Crippen molar-refractivity contribution < 1.29 is 5.11 Å². The molecule has 1 aromatic heterocycles. The van der Waals surface area contributed by atoms with E-state index >= 15 is 0 Å². The number of aliphatic hydroxyl groups is 1. The largest absolute Gasteiger partial charge is 0.396 e. The molecule has 2 aromatic rings. The average molecular weight is 258 g/mol. The average Bonchev–Trinajstić information content (AvgIpc) is 2.66. The highest BCUT2D eigenvalue weighted by Gasteiger charge is 2.24. The Morgan fingerprint density at radius 2 is 2.21 bits per heavy atom. The molecule has 0 amide bonds. The summed E-state index contributed by atoms with van der Waals surface area (Å²) in [5.41, 5.74) is 3.49. The van der Waals surface area contributed by atoms with Gasteiger partial charge < -0.3 is 9.67 Å². The van der Waals surface area contributed by atoms with Gasteiger partial charge in [-0.1, -0.05) is 19.4 Å². The molecular weight excluding hydrogens is 236 g/mol. The molecule has 3 nitrogen and oxygen atoms in total. The molecule has 1 aliphatic rings. The fourth-order valence-corrected chi connectivity index (χ4v) is 2.99. The Kier molecular flexibility index (Phi) is 3.31. The number of imidazole rings is 1. The maximum Gasteiger partial charge on any atom is 0.112 e. The van der Waals surface area contributed by atoms with Crippen molar-refractivity contribution in [2.75, 3.05) is 6.61 Å². The van der Waals surface area contributed by atoms with Crippen molar-refractivity contribution in [3.8, 4) is 0 Å². The minimum Gasteiger partial charge on any atom is -0.396 e. The third-order valence-electron chi connectivity index (χ3n) is 4.59. The zero-order valence-corrected chi connectivity index (χ0v) is 11.8. The summed E-state index contributed by atoms with van der Waals surface area (Å²) >= 11 is 0. The van der Waals surface area contributed by atoms with E-state index in [1.54, 1.807) is 0 Å². The quantitative estimate of drug-likeness (QED) is 0.913. The Morgan fingerprint density at radius 1 is 1.42 bits per heavy atom. The predicted molar refractivity (Wildman–Crippen MR) is 77.4 cm³/mol. The number of aliphatic hydroxyl groups excluding tert-OH is 1. The van der Waals surface area contributed by atoms with Crippen LogP contribution in [0.1, 0.15) is 55.8 Å². The second-order valence-electron chi connectivity index (χ2n) is 5.69. The normalized spacial score (nSPS) is 17.6. The highest BCUT2D eigenvalue weighted by atomic mass is 16.3. The monoisotopic (exact) mass is 258 g/mol. The van der Waals surface area contributed by atoms with Gasteiger partial charge >= 0.3 is 0 Å². The van der Waals surface area contributed by atoms with Crippen LogP contribution in [0, 0.1) is 0 Å². The molecule has 1 fully saturated rings. The second-order valence-corrected chi connectivity index (χ2v) is 5.69. The van der Waals surface area contributed by atoms with Gasteiger partial charge in [0, 0.05) is 25.5 Å². The van der Waals surface area contributed by atoms with Gasteiger partial charge in [-0.3, -0.25) is 0 Å². The number of hydrogen-bond donors (Lipinski definition) is 1. The van der Waals surface area contributed by atoms with Crippen LogP contribution in [0.5, 0.6) is 0 Å². The van der Waals surface area contributed by atoms with Gasteiger partial charge in [0.1, 0.15) is 5.82 Å². The molecule has 0 aliphatic heterocycles. The van der Waals surface area contributed by atoms with Gasteiger partial charge in [0.05, 0.1) is 11.0 Å². The van der Waals surface area contributed by atoms with Gasteiger partial charge in [-0.15, -0.1) is 0 Å². The topological polar surface area (TPSA) is 38.1 Å². The molecule has 0 radical (unpaired) electrons. The van der Waals surface area contributed by atoms with Crippen LogP contribution in [0.2, 0.25) is 0 Å². The van der Waals surface area contributed by atoms with E-state index in [1.165, 1.54) is 36.2 Å². The highest BCUT2D eigenvalue weighted by molar-refractivity contribution is 5.77. The van der Waals surface area contributed by atoms with Crippen molar-refractivity contribution in [3.05, 3.63) is 29.6 Å². The Balaban J connectivity index is 2.03. The Labute approximate surface area is 114 Å². The first-order chi connectivity index (χ1) is 9.24. The summed E-state index contributed by atoms with van der Waals surface area (Å²) in [6.45, 7) is 2.33. The van der Waals surface area contributed by atoms with Crippen LogP contribution in [0.3, 0.4) is 0 Å². The summed E-state index contributed by atoms with van der Waals surface area (Å²) in [5, 5.41) is 9.42. The summed E-state index contributed by atoms with van der Waals surface area (Å²) in [6.07, 6.45) is 4.85. The van der Waals surface area contributed by atoms with E-state index in [-0.39, 0.29) is 12.5 Å². The smallest absolute Gasteiger partial charge is 0.112 e. The van der Waals surface area contributed by atoms with Gasteiger partial charge in [0.2, 0.25) is 0 Å². The molecule has 1 heterocycles. The summed E-state index contributed by atoms with van der Waals surface area (Å²) in [5.74, 6) is 2.12. The van der Waals surface area contributed by atoms with Crippen molar-refractivity contribution in [1.29, 1.82) is 0 Å². The summed E-state index contributed by atoms with van der Waals surface area (Å²) in [4.78, 5) is 4.83.